The van der Waals surface area contributed by atoms with Crippen LogP contribution in [0.3, 0.4) is 0 Å². The topological polar surface area (TPSA) is 66.8 Å². The first kappa shape index (κ1) is 19.5. The third-order valence-corrected chi connectivity index (χ3v) is 4.22. The maximum atomic E-state index is 13.1. The molecule has 0 saturated heterocycles. The van der Waals surface area contributed by atoms with Gasteiger partial charge in [-0.1, -0.05) is 24.3 Å². The fraction of sp³-hybridized carbons (Fsp3) is 0.190. The number of phenols is 2. The van der Waals surface area contributed by atoms with Gasteiger partial charge in [0.2, 0.25) is 0 Å². The lowest BCUT2D eigenvalue weighted by molar-refractivity contribution is -0.137. The van der Waals surface area contributed by atoms with Crippen LogP contribution >= 0.6 is 0 Å². The van der Waals surface area contributed by atoms with Crippen molar-refractivity contribution in [2.45, 2.75) is 25.6 Å². The zero-order valence-electron chi connectivity index (χ0n) is 15.0. The molecule has 0 amide bonds. The lowest BCUT2D eigenvalue weighted by atomic mass is 9.96. The molecule has 7 heteroatoms. The number of benzene rings is 2. The van der Waals surface area contributed by atoms with Gasteiger partial charge < -0.3 is 14.9 Å². The number of carbonyl (C=O) groups is 1. The number of hydrogen-bond donors (Lipinski definition) is 2. The Labute approximate surface area is 159 Å². The van der Waals surface area contributed by atoms with E-state index in [1.165, 1.54) is 18.2 Å². The largest absolute Gasteiger partial charge is 0.507 e. The smallest absolute Gasteiger partial charge is 0.416 e. The highest BCUT2D eigenvalue weighted by molar-refractivity contribution is 6.11. The monoisotopic (exact) mass is 390 g/mol. The summed E-state index contributed by atoms with van der Waals surface area (Å²) in [4.78, 5) is 12.7. The number of ether oxygens (including phenoxy) is 1. The zero-order chi connectivity index (χ0) is 20.7. The quantitative estimate of drug-likeness (QED) is 0.559. The summed E-state index contributed by atoms with van der Waals surface area (Å²) in [5.41, 5.74) is -1.88. The number of phenolic OH excluding ortho intramolecular Hbond substituents is 2. The van der Waals surface area contributed by atoms with Crippen LogP contribution in [0.25, 0.3) is 12.2 Å². The number of halogens is 3. The summed E-state index contributed by atoms with van der Waals surface area (Å²) in [7, 11) is 0. The number of ketones is 1. The second-order valence-corrected chi connectivity index (χ2v) is 6.85. The molecule has 0 saturated carbocycles. The van der Waals surface area contributed by atoms with Crippen molar-refractivity contribution in [2.75, 3.05) is 0 Å². The Morgan fingerprint density at radius 1 is 1.14 bits per heavy atom. The van der Waals surface area contributed by atoms with E-state index in [4.69, 9.17) is 4.74 Å². The van der Waals surface area contributed by atoms with Gasteiger partial charge >= 0.3 is 6.18 Å². The normalized spacial score (nSPS) is 15.3. The number of hydrogen-bond acceptors (Lipinski definition) is 4. The summed E-state index contributed by atoms with van der Waals surface area (Å²) in [6, 6.07) is 5.83. The van der Waals surface area contributed by atoms with Crippen molar-refractivity contribution in [1.29, 1.82) is 0 Å². The van der Waals surface area contributed by atoms with Crippen LogP contribution in [0, 0.1) is 0 Å². The van der Waals surface area contributed by atoms with Gasteiger partial charge in [-0.15, -0.1) is 0 Å². The summed E-state index contributed by atoms with van der Waals surface area (Å²) in [5.74, 6) is -1.58. The highest BCUT2D eigenvalue weighted by Gasteiger charge is 2.33. The van der Waals surface area contributed by atoms with E-state index in [-0.39, 0.29) is 28.2 Å². The van der Waals surface area contributed by atoms with Gasteiger partial charge in [0, 0.05) is 6.07 Å². The molecule has 28 heavy (non-hydrogen) atoms. The Bertz CT molecular complexity index is 1000. The van der Waals surface area contributed by atoms with E-state index in [2.05, 4.69) is 0 Å². The van der Waals surface area contributed by atoms with Gasteiger partial charge in [0.05, 0.1) is 11.1 Å². The van der Waals surface area contributed by atoms with Crippen molar-refractivity contribution in [3.05, 3.63) is 64.7 Å². The summed E-state index contributed by atoms with van der Waals surface area (Å²) >= 11 is 0. The van der Waals surface area contributed by atoms with Gasteiger partial charge in [-0.3, -0.25) is 4.79 Å². The number of carbonyl (C=O) groups excluding carboxylic acids is 1. The Balaban J connectivity index is 2.04. The molecule has 0 spiro atoms. The van der Waals surface area contributed by atoms with Gasteiger partial charge in [0.15, 0.2) is 5.78 Å². The van der Waals surface area contributed by atoms with E-state index in [0.717, 1.165) is 24.3 Å². The summed E-state index contributed by atoms with van der Waals surface area (Å²) in [5, 5.41) is 20.2. The second-order valence-electron chi connectivity index (χ2n) is 6.85. The van der Waals surface area contributed by atoms with Gasteiger partial charge in [0.25, 0.3) is 0 Å². The number of alkyl halides is 3. The van der Waals surface area contributed by atoms with Crippen molar-refractivity contribution in [3.63, 3.8) is 0 Å². The molecule has 0 aromatic heterocycles. The van der Waals surface area contributed by atoms with Gasteiger partial charge in [0.1, 0.15) is 28.4 Å². The van der Waals surface area contributed by atoms with Gasteiger partial charge in [-0.25, -0.2) is 0 Å². The number of rotatable bonds is 3. The predicted octanol–water partition coefficient (Wildman–Crippen LogP) is 5.20. The second kappa shape index (κ2) is 6.74. The molecule has 0 atom stereocenters. The Morgan fingerprint density at radius 2 is 1.82 bits per heavy atom. The van der Waals surface area contributed by atoms with Crippen LogP contribution in [-0.4, -0.2) is 21.6 Å². The van der Waals surface area contributed by atoms with Crippen LogP contribution in [0.2, 0.25) is 0 Å². The molecule has 0 fully saturated rings. The average Bonchev–Trinajstić information content (AvgIpc) is 2.58. The number of aromatic hydroxyl groups is 2. The van der Waals surface area contributed by atoms with Crippen molar-refractivity contribution in [3.8, 4) is 17.2 Å². The summed E-state index contributed by atoms with van der Waals surface area (Å²) < 4.78 is 45.0. The zero-order valence-corrected chi connectivity index (χ0v) is 15.0. The lowest BCUT2D eigenvalue weighted by Crippen LogP contribution is -2.28. The minimum Gasteiger partial charge on any atom is -0.507 e. The molecule has 0 aliphatic carbocycles. The van der Waals surface area contributed by atoms with Crippen molar-refractivity contribution >= 4 is 17.9 Å². The van der Waals surface area contributed by atoms with Crippen molar-refractivity contribution in [1.82, 2.24) is 0 Å². The molecule has 0 unspecified atom stereocenters. The van der Waals surface area contributed by atoms with Crippen LogP contribution in [0.15, 0.2) is 42.5 Å². The van der Waals surface area contributed by atoms with E-state index in [9.17, 15) is 28.2 Å². The molecular weight excluding hydrogens is 373 g/mol. The maximum absolute atomic E-state index is 13.1. The Hall–Kier alpha value is -3.22. The van der Waals surface area contributed by atoms with E-state index in [0.29, 0.717) is 0 Å². The molecule has 2 aromatic rings. The molecule has 0 bridgehead atoms. The average molecular weight is 390 g/mol. The molecule has 3 rings (SSSR count). The van der Waals surface area contributed by atoms with Crippen molar-refractivity contribution in [2.24, 2.45) is 0 Å². The maximum Gasteiger partial charge on any atom is 0.416 e. The predicted molar refractivity (Wildman–Crippen MR) is 98.3 cm³/mol. The Morgan fingerprint density at radius 3 is 2.50 bits per heavy atom. The van der Waals surface area contributed by atoms with E-state index >= 15 is 0 Å². The van der Waals surface area contributed by atoms with Crippen LogP contribution < -0.4 is 4.74 Å². The fourth-order valence-electron chi connectivity index (χ4n) is 2.88. The molecule has 0 radical (unpaired) electrons. The highest BCUT2D eigenvalue weighted by atomic mass is 19.4. The van der Waals surface area contributed by atoms with Crippen LogP contribution in [0.5, 0.6) is 17.2 Å². The third kappa shape index (κ3) is 3.74. The van der Waals surface area contributed by atoms with Gasteiger partial charge in [-0.05, 0) is 43.7 Å². The third-order valence-electron chi connectivity index (χ3n) is 4.22. The fourth-order valence-corrected chi connectivity index (χ4v) is 2.88. The molecule has 2 N–H and O–H groups in total. The molecule has 1 aliphatic heterocycles. The van der Waals surface area contributed by atoms with Crippen LogP contribution in [0.4, 0.5) is 13.2 Å². The van der Waals surface area contributed by atoms with Crippen LogP contribution in [0.1, 0.15) is 40.9 Å². The van der Waals surface area contributed by atoms with E-state index < -0.39 is 28.9 Å². The molecule has 1 aliphatic rings. The summed E-state index contributed by atoms with van der Waals surface area (Å²) in [6.07, 6.45) is 0.643. The first-order valence-electron chi connectivity index (χ1n) is 8.35. The van der Waals surface area contributed by atoms with Crippen molar-refractivity contribution < 1.29 is 32.9 Å². The first-order valence-corrected chi connectivity index (χ1v) is 8.35. The number of allylic oxidation sites excluding steroid dienone is 1. The number of fused-ring (bicyclic) bond motifs is 1. The first-order chi connectivity index (χ1) is 13.0. The lowest BCUT2D eigenvalue weighted by Gasteiger charge is -2.29. The Kier molecular flexibility index (Phi) is 4.71. The highest BCUT2D eigenvalue weighted by Crippen LogP contribution is 2.44. The van der Waals surface area contributed by atoms with Crippen LogP contribution in [-0.2, 0) is 6.18 Å². The minimum absolute atomic E-state index is 0.0243. The molecule has 2 aromatic carbocycles. The standard InChI is InChI=1S/C21H17F3O4/c1-20(2)10-9-13-16(26)11-17(27)18(19(13)28-20)15(25)8-7-12-5-3-4-6-14(12)21(22,23)24/h3-11,26-27H,1-2H3/b8-7+. The molecule has 146 valence electrons. The molecule has 1 heterocycles. The molecule has 4 nitrogen and oxygen atoms in total. The minimum atomic E-state index is -4.57. The van der Waals surface area contributed by atoms with E-state index in [1.54, 1.807) is 26.0 Å². The van der Waals surface area contributed by atoms with E-state index in [1.807, 2.05) is 0 Å². The summed E-state index contributed by atoms with van der Waals surface area (Å²) in [6.45, 7) is 3.44. The van der Waals surface area contributed by atoms with Gasteiger partial charge in [-0.2, -0.15) is 13.2 Å². The molecular formula is C21H17F3O4. The SMILES string of the molecule is CC1(C)C=Cc2c(O)cc(O)c(C(=O)/C=C/c3ccccc3C(F)(F)F)c2O1.